The van der Waals surface area contributed by atoms with Gasteiger partial charge in [-0.3, -0.25) is 9.59 Å². The zero-order chi connectivity index (χ0) is 12.7. The molecular formula is C14H25NO2. The summed E-state index contributed by atoms with van der Waals surface area (Å²) in [6.07, 6.45) is 6.62. The molecule has 0 bridgehead atoms. The van der Waals surface area contributed by atoms with E-state index in [0.717, 1.165) is 19.3 Å². The van der Waals surface area contributed by atoms with Crippen LogP contribution in [0.15, 0.2) is 0 Å². The zero-order valence-electron chi connectivity index (χ0n) is 11.2. The van der Waals surface area contributed by atoms with Crippen LogP contribution in [-0.2, 0) is 9.59 Å². The Hall–Kier alpha value is -0.860. The number of hydrogen-bond donors (Lipinski definition) is 0. The second kappa shape index (κ2) is 7.46. The van der Waals surface area contributed by atoms with Gasteiger partial charge >= 0.3 is 0 Å². The maximum Gasteiger partial charge on any atom is 0.222 e. The molecule has 1 atom stereocenters. The van der Waals surface area contributed by atoms with Crippen LogP contribution in [0.25, 0.3) is 0 Å². The molecule has 17 heavy (non-hydrogen) atoms. The molecule has 1 fully saturated rings. The molecule has 0 aliphatic carbocycles. The first-order valence-corrected chi connectivity index (χ1v) is 6.99. The Kier molecular flexibility index (Phi) is 6.23. The standard InChI is InChI=1S/C14H25NO2/c1-3-5-6-7-8-14(17)15-10-9-13(16)12(4-2)11-15/h12H,3-11H2,1-2H3. The van der Waals surface area contributed by atoms with Crippen LogP contribution in [0.1, 0.15) is 58.8 Å². The van der Waals surface area contributed by atoms with E-state index in [-0.39, 0.29) is 11.8 Å². The lowest BCUT2D eigenvalue weighted by molar-refractivity contribution is -0.137. The molecule has 1 aliphatic rings. The SMILES string of the molecule is CCCCCCC(=O)N1CCC(=O)C(CC)C1. The second-order valence-electron chi connectivity index (χ2n) is 4.97. The first-order chi connectivity index (χ1) is 8.19. The van der Waals surface area contributed by atoms with E-state index in [1.54, 1.807) is 0 Å². The molecule has 0 N–H and O–H groups in total. The second-order valence-corrected chi connectivity index (χ2v) is 4.97. The Balaban J connectivity index is 2.29. The molecule has 1 heterocycles. The van der Waals surface area contributed by atoms with Gasteiger partial charge in [0.15, 0.2) is 0 Å². The van der Waals surface area contributed by atoms with E-state index in [0.29, 0.717) is 31.7 Å². The molecular weight excluding hydrogens is 214 g/mol. The molecule has 3 heteroatoms. The van der Waals surface area contributed by atoms with Crippen LogP contribution in [0.3, 0.4) is 0 Å². The van der Waals surface area contributed by atoms with Crippen LogP contribution < -0.4 is 0 Å². The van der Waals surface area contributed by atoms with Gasteiger partial charge in [0.2, 0.25) is 5.91 Å². The van der Waals surface area contributed by atoms with Gasteiger partial charge in [-0.25, -0.2) is 0 Å². The fourth-order valence-corrected chi connectivity index (χ4v) is 2.35. The molecule has 1 saturated heterocycles. The molecule has 0 radical (unpaired) electrons. The molecule has 1 aliphatic heterocycles. The number of Topliss-reactive ketones (excluding diaryl/α,β-unsaturated/α-hetero) is 1. The van der Waals surface area contributed by atoms with Crippen LogP contribution in [0.2, 0.25) is 0 Å². The first kappa shape index (κ1) is 14.2. The third-order valence-corrected chi connectivity index (χ3v) is 3.61. The van der Waals surface area contributed by atoms with Crippen molar-refractivity contribution in [3.05, 3.63) is 0 Å². The van der Waals surface area contributed by atoms with Crippen molar-refractivity contribution in [3.8, 4) is 0 Å². The fraction of sp³-hybridized carbons (Fsp3) is 0.857. The molecule has 1 amide bonds. The third kappa shape index (κ3) is 4.49. The lowest BCUT2D eigenvalue weighted by Crippen LogP contribution is -2.43. The van der Waals surface area contributed by atoms with Crippen molar-refractivity contribution in [1.82, 2.24) is 4.90 Å². The first-order valence-electron chi connectivity index (χ1n) is 6.99. The minimum Gasteiger partial charge on any atom is -0.342 e. The average Bonchev–Trinajstić information content (AvgIpc) is 2.35. The molecule has 98 valence electrons. The molecule has 0 spiro atoms. The number of nitrogens with zero attached hydrogens (tertiary/aromatic N) is 1. The van der Waals surface area contributed by atoms with Crippen LogP contribution >= 0.6 is 0 Å². The molecule has 0 aromatic rings. The van der Waals surface area contributed by atoms with Gasteiger partial charge in [0, 0.05) is 31.8 Å². The molecule has 1 rings (SSSR count). The van der Waals surface area contributed by atoms with E-state index < -0.39 is 0 Å². The van der Waals surface area contributed by atoms with Crippen LogP contribution in [0.5, 0.6) is 0 Å². The summed E-state index contributed by atoms with van der Waals surface area (Å²) < 4.78 is 0. The van der Waals surface area contributed by atoms with Crippen molar-refractivity contribution in [2.75, 3.05) is 13.1 Å². The average molecular weight is 239 g/mol. The topological polar surface area (TPSA) is 37.4 Å². The number of piperidine rings is 1. The smallest absolute Gasteiger partial charge is 0.222 e. The lowest BCUT2D eigenvalue weighted by atomic mass is 9.94. The Morgan fingerprint density at radius 1 is 1.29 bits per heavy atom. The van der Waals surface area contributed by atoms with E-state index in [4.69, 9.17) is 0 Å². The van der Waals surface area contributed by atoms with Gasteiger partial charge in [0.1, 0.15) is 5.78 Å². The van der Waals surface area contributed by atoms with Crippen molar-refractivity contribution < 1.29 is 9.59 Å². The maximum absolute atomic E-state index is 11.9. The van der Waals surface area contributed by atoms with E-state index in [2.05, 4.69) is 6.92 Å². The normalized spacial score (nSPS) is 20.7. The third-order valence-electron chi connectivity index (χ3n) is 3.61. The zero-order valence-corrected chi connectivity index (χ0v) is 11.2. The number of amides is 1. The fourth-order valence-electron chi connectivity index (χ4n) is 2.35. The number of likely N-dealkylation sites (tertiary alicyclic amines) is 1. The van der Waals surface area contributed by atoms with Gasteiger partial charge in [0.05, 0.1) is 0 Å². The number of unbranched alkanes of at least 4 members (excludes halogenated alkanes) is 3. The van der Waals surface area contributed by atoms with Gasteiger partial charge in [0.25, 0.3) is 0 Å². The molecule has 0 aromatic carbocycles. The van der Waals surface area contributed by atoms with Gasteiger partial charge in [-0.05, 0) is 12.8 Å². The van der Waals surface area contributed by atoms with Crippen LogP contribution in [-0.4, -0.2) is 29.7 Å². The van der Waals surface area contributed by atoms with E-state index in [1.165, 1.54) is 12.8 Å². The highest BCUT2D eigenvalue weighted by molar-refractivity contribution is 5.85. The van der Waals surface area contributed by atoms with Gasteiger partial charge in [-0.15, -0.1) is 0 Å². The predicted octanol–water partition coefficient (Wildman–Crippen LogP) is 2.78. The highest BCUT2D eigenvalue weighted by atomic mass is 16.2. The number of rotatable bonds is 6. The van der Waals surface area contributed by atoms with Crippen molar-refractivity contribution in [2.45, 2.75) is 58.8 Å². The Morgan fingerprint density at radius 2 is 2.06 bits per heavy atom. The summed E-state index contributed by atoms with van der Waals surface area (Å²) >= 11 is 0. The van der Waals surface area contributed by atoms with Crippen molar-refractivity contribution >= 4 is 11.7 Å². The van der Waals surface area contributed by atoms with Gasteiger partial charge in [-0.1, -0.05) is 33.1 Å². The van der Waals surface area contributed by atoms with E-state index in [9.17, 15) is 9.59 Å². The van der Waals surface area contributed by atoms with E-state index in [1.807, 2.05) is 11.8 Å². The Bertz CT molecular complexity index is 263. The summed E-state index contributed by atoms with van der Waals surface area (Å²) in [5, 5.41) is 0. The summed E-state index contributed by atoms with van der Waals surface area (Å²) in [6, 6.07) is 0. The molecule has 0 aromatic heterocycles. The van der Waals surface area contributed by atoms with Crippen molar-refractivity contribution in [1.29, 1.82) is 0 Å². The number of carbonyl (C=O) groups excluding carboxylic acids is 2. The van der Waals surface area contributed by atoms with Gasteiger partial charge < -0.3 is 4.90 Å². The monoisotopic (exact) mass is 239 g/mol. The Morgan fingerprint density at radius 3 is 2.71 bits per heavy atom. The minimum absolute atomic E-state index is 0.0864. The minimum atomic E-state index is 0.0864. The largest absolute Gasteiger partial charge is 0.342 e. The summed E-state index contributed by atoms with van der Waals surface area (Å²) in [5.74, 6) is 0.665. The van der Waals surface area contributed by atoms with Crippen molar-refractivity contribution in [2.24, 2.45) is 5.92 Å². The highest BCUT2D eigenvalue weighted by Gasteiger charge is 2.27. The summed E-state index contributed by atoms with van der Waals surface area (Å²) in [5.41, 5.74) is 0. The summed E-state index contributed by atoms with van der Waals surface area (Å²) in [4.78, 5) is 25.4. The lowest BCUT2D eigenvalue weighted by Gasteiger charge is -2.31. The summed E-state index contributed by atoms with van der Waals surface area (Å²) in [6.45, 7) is 5.49. The molecule has 0 saturated carbocycles. The van der Waals surface area contributed by atoms with Gasteiger partial charge in [-0.2, -0.15) is 0 Å². The number of hydrogen-bond acceptors (Lipinski definition) is 2. The Labute approximate surface area is 105 Å². The predicted molar refractivity (Wildman–Crippen MR) is 68.7 cm³/mol. The number of carbonyl (C=O) groups is 2. The van der Waals surface area contributed by atoms with E-state index >= 15 is 0 Å². The molecule has 3 nitrogen and oxygen atoms in total. The molecule has 1 unspecified atom stereocenters. The van der Waals surface area contributed by atoms with Crippen molar-refractivity contribution in [3.63, 3.8) is 0 Å². The maximum atomic E-state index is 11.9. The quantitative estimate of drug-likeness (QED) is 0.668. The van der Waals surface area contributed by atoms with Crippen LogP contribution in [0, 0.1) is 5.92 Å². The van der Waals surface area contributed by atoms with Crippen LogP contribution in [0.4, 0.5) is 0 Å². The summed E-state index contributed by atoms with van der Waals surface area (Å²) in [7, 11) is 0. The number of ketones is 1. The highest BCUT2D eigenvalue weighted by Crippen LogP contribution is 2.17.